The summed E-state index contributed by atoms with van der Waals surface area (Å²) in [6, 6.07) is -0.829. The molecule has 0 radical (unpaired) electrons. The van der Waals surface area contributed by atoms with Gasteiger partial charge in [-0.25, -0.2) is 9.59 Å². The Morgan fingerprint density at radius 2 is 2.21 bits per heavy atom. The number of carbonyl (C=O) groups is 2. The highest BCUT2D eigenvalue weighted by Gasteiger charge is 2.41. The predicted octanol–water partition coefficient (Wildman–Crippen LogP) is 0.962. The van der Waals surface area contributed by atoms with Crippen molar-refractivity contribution in [3.63, 3.8) is 0 Å². The van der Waals surface area contributed by atoms with Crippen molar-refractivity contribution < 1.29 is 28.9 Å². The predicted molar refractivity (Wildman–Crippen MR) is 65.6 cm³/mol. The lowest BCUT2D eigenvalue weighted by atomic mass is 10.1. The summed E-state index contributed by atoms with van der Waals surface area (Å²) in [7, 11) is 0. The smallest absolute Gasteiger partial charge is 0.444 e. The number of cyclic esters (lactones) is 2. The minimum Gasteiger partial charge on any atom is -0.444 e. The Bertz CT molecular complexity index is 362. The van der Waals surface area contributed by atoms with Crippen LogP contribution >= 0.6 is 0 Å². The summed E-state index contributed by atoms with van der Waals surface area (Å²) in [5, 5.41) is 11.7. The molecule has 0 aromatic rings. The molecule has 0 saturated carbocycles. The lowest BCUT2D eigenvalue weighted by Gasteiger charge is -2.25. The molecule has 108 valence electrons. The number of hydrogen-bond acceptors (Lipinski definition) is 6. The van der Waals surface area contributed by atoms with Gasteiger partial charge < -0.3 is 24.6 Å². The fraction of sp³-hybridized carbons (Fsp3) is 0.667. The van der Waals surface area contributed by atoms with Crippen LogP contribution in [0.1, 0.15) is 20.8 Å². The van der Waals surface area contributed by atoms with Gasteiger partial charge in [0.15, 0.2) is 12.2 Å². The first-order valence-electron chi connectivity index (χ1n) is 5.87. The van der Waals surface area contributed by atoms with E-state index >= 15 is 0 Å². The number of nitrogens with one attached hydrogen (secondary N) is 1. The molecule has 0 unspecified atom stereocenters. The second-order valence-electron chi connectivity index (χ2n) is 5.09. The number of carbonyl (C=O) groups excluding carboxylic acids is 2. The Kier molecular flexibility index (Phi) is 4.77. The number of amides is 1. The van der Waals surface area contributed by atoms with E-state index in [9.17, 15) is 14.7 Å². The summed E-state index contributed by atoms with van der Waals surface area (Å²) in [6.07, 6.45) is -1.76. The normalized spacial score (nSPS) is 24.1. The molecule has 1 fully saturated rings. The summed E-state index contributed by atoms with van der Waals surface area (Å²) in [4.78, 5) is 22.6. The monoisotopic (exact) mass is 273 g/mol. The van der Waals surface area contributed by atoms with Gasteiger partial charge in [0.1, 0.15) is 5.60 Å². The standard InChI is InChI=1S/C12H19NO6/c1-5-8-9(18-11(16)17-8)7(6-14)13-10(15)19-12(2,3)4/h5,7-9,14H,1,6H2,2-4H3,(H,13,15)/t7-,8+,9-/m1/s1. The third kappa shape index (κ3) is 4.44. The first-order chi connectivity index (χ1) is 8.76. The highest BCUT2D eigenvalue weighted by atomic mass is 16.8. The number of aliphatic hydroxyl groups is 1. The van der Waals surface area contributed by atoms with Gasteiger partial charge in [0.25, 0.3) is 0 Å². The van der Waals surface area contributed by atoms with Gasteiger partial charge in [-0.3, -0.25) is 0 Å². The van der Waals surface area contributed by atoms with Crippen LogP contribution in [0.2, 0.25) is 0 Å². The maximum Gasteiger partial charge on any atom is 0.509 e. The van der Waals surface area contributed by atoms with Crippen molar-refractivity contribution in [2.75, 3.05) is 6.61 Å². The Morgan fingerprint density at radius 3 is 2.68 bits per heavy atom. The molecule has 1 heterocycles. The van der Waals surface area contributed by atoms with Crippen LogP contribution in [0, 0.1) is 0 Å². The maximum absolute atomic E-state index is 11.6. The van der Waals surface area contributed by atoms with E-state index in [1.807, 2.05) is 0 Å². The summed E-state index contributed by atoms with van der Waals surface area (Å²) in [5.74, 6) is 0. The number of rotatable bonds is 4. The lowest BCUT2D eigenvalue weighted by Crippen LogP contribution is -2.50. The molecule has 1 amide bonds. The van der Waals surface area contributed by atoms with Gasteiger partial charge in [0.05, 0.1) is 12.6 Å². The van der Waals surface area contributed by atoms with Gasteiger partial charge in [0.2, 0.25) is 0 Å². The molecule has 19 heavy (non-hydrogen) atoms. The molecular formula is C12H19NO6. The number of aliphatic hydroxyl groups excluding tert-OH is 1. The first-order valence-corrected chi connectivity index (χ1v) is 5.87. The van der Waals surface area contributed by atoms with E-state index in [4.69, 9.17) is 14.2 Å². The van der Waals surface area contributed by atoms with Gasteiger partial charge in [-0.2, -0.15) is 0 Å². The summed E-state index contributed by atoms with van der Waals surface area (Å²) in [5.41, 5.74) is -0.662. The number of alkyl carbamates (subject to hydrolysis) is 1. The SMILES string of the molecule is C=C[C@@H]1OC(=O)O[C@@H]1[C@@H](CO)NC(=O)OC(C)(C)C. The molecule has 1 saturated heterocycles. The average molecular weight is 273 g/mol. The van der Waals surface area contributed by atoms with Crippen molar-refractivity contribution in [1.82, 2.24) is 5.32 Å². The molecule has 1 aliphatic heterocycles. The summed E-state index contributed by atoms with van der Waals surface area (Å²) < 4.78 is 14.7. The highest BCUT2D eigenvalue weighted by molar-refractivity contribution is 5.69. The summed E-state index contributed by atoms with van der Waals surface area (Å²) in [6.45, 7) is 8.22. The van der Waals surface area contributed by atoms with E-state index in [1.165, 1.54) is 6.08 Å². The van der Waals surface area contributed by atoms with E-state index in [0.717, 1.165) is 0 Å². The fourth-order valence-corrected chi connectivity index (χ4v) is 1.57. The molecule has 2 N–H and O–H groups in total. The van der Waals surface area contributed by atoms with Crippen molar-refractivity contribution in [2.24, 2.45) is 0 Å². The van der Waals surface area contributed by atoms with Crippen LogP contribution in [0.15, 0.2) is 12.7 Å². The molecule has 0 aliphatic carbocycles. The molecule has 1 aliphatic rings. The van der Waals surface area contributed by atoms with E-state index in [0.29, 0.717) is 0 Å². The van der Waals surface area contributed by atoms with E-state index < -0.39 is 42.7 Å². The number of ether oxygens (including phenoxy) is 3. The molecule has 7 heteroatoms. The third-order valence-corrected chi connectivity index (χ3v) is 2.32. The van der Waals surface area contributed by atoms with Crippen LogP contribution in [0.25, 0.3) is 0 Å². The molecule has 0 aromatic heterocycles. The van der Waals surface area contributed by atoms with Gasteiger partial charge >= 0.3 is 12.2 Å². The Morgan fingerprint density at radius 1 is 1.58 bits per heavy atom. The summed E-state index contributed by atoms with van der Waals surface area (Å²) >= 11 is 0. The topological polar surface area (TPSA) is 94.1 Å². The average Bonchev–Trinajstić information content (AvgIpc) is 2.64. The van der Waals surface area contributed by atoms with Gasteiger partial charge in [0, 0.05) is 0 Å². The zero-order valence-electron chi connectivity index (χ0n) is 11.2. The van der Waals surface area contributed by atoms with Crippen LogP contribution in [-0.4, -0.2) is 47.8 Å². The van der Waals surface area contributed by atoms with Crippen molar-refractivity contribution in [2.45, 2.75) is 44.6 Å². The Balaban J connectivity index is 2.65. The molecule has 0 aromatic carbocycles. The largest absolute Gasteiger partial charge is 0.509 e. The van der Waals surface area contributed by atoms with Gasteiger partial charge in [-0.15, -0.1) is 0 Å². The number of hydrogen-bond donors (Lipinski definition) is 2. The van der Waals surface area contributed by atoms with Crippen molar-refractivity contribution in [3.05, 3.63) is 12.7 Å². The van der Waals surface area contributed by atoms with Crippen LogP contribution in [0.5, 0.6) is 0 Å². The van der Waals surface area contributed by atoms with Crippen LogP contribution < -0.4 is 5.32 Å². The minimum absolute atomic E-state index is 0.426. The molecular weight excluding hydrogens is 254 g/mol. The Labute approximate surface area is 111 Å². The van der Waals surface area contributed by atoms with Gasteiger partial charge in [-0.05, 0) is 26.8 Å². The van der Waals surface area contributed by atoms with Crippen molar-refractivity contribution >= 4 is 12.2 Å². The van der Waals surface area contributed by atoms with Gasteiger partial charge in [-0.1, -0.05) is 6.58 Å². The lowest BCUT2D eigenvalue weighted by molar-refractivity contribution is 0.0356. The molecule has 1 rings (SSSR count). The van der Waals surface area contributed by atoms with E-state index in [2.05, 4.69) is 11.9 Å². The zero-order chi connectivity index (χ0) is 14.6. The molecule has 3 atom stereocenters. The first kappa shape index (κ1) is 15.3. The quantitative estimate of drug-likeness (QED) is 0.585. The second kappa shape index (κ2) is 5.92. The van der Waals surface area contributed by atoms with Crippen LogP contribution in [0.4, 0.5) is 9.59 Å². The van der Waals surface area contributed by atoms with Crippen LogP contribution in [0.3, 0.4) is 0 Å². The van der Waals surface area contributed by atoms with Crippen LogP contribution in [-0.2, 0) is 14.2 Å². The van der Waals surface area contributed by atoms with Crippen molar-refractivity contribution in [3.8, 4) is 0 Å². The fourth-order valence-electron chi connectivity index (χ4n) is 1.57. The second-order valence-corrected chi connectivity index (χ2v) is 5.09. The van der Waals surface area contributed by atoms with Crippen molar-refractivity contribution in [1.29, 1.82) is 0 Å². The molecule has 7 nitrogen and oxygen atoms in total. The van der Waals surface area contributed by atoms with E-state index in [1.54, 1.807) is 20.8 Å². The molecule has 0 bridgehead atoms. The Hall–Kier alpha value is -1.76. The third-order valence-electron chi connectivity index (χ3n) is 2.32. The molecule has 0 spiro atoms. The highest BCUT2D eigenvalue weighted by Crippen LogP contribution is 2.19. The minimum atomic E-state index is -0.862. The van der Waals surface area contributed by atoms with E-state index in [-0.39, 0.29) is 0 Å². The maximum atomic E-state index is 11.6. The zero-order valence-corrected chi connectivity index (χ0v) is 11.2.